The van der Waals surface area contributed by atoms with E-state index in [0.29, 0.717) is 28.0 Å². The summed E-state index contributed by atoms with van der Waals surface area (Å²) in [5, 5.41) is 23.6. The van der Waals surface area contributed by atoms with Gasteiger partial charge in [0.2, 0.25) is 5.95 Å². The first-order chi connectivity index (χ1) is 14.0. The number of phenolic OH excluding ortho intramolecular Hbond substituents is 1. The highest BCUT2D eigenvalue weighted by molar-refractivity contribution is 9.10. The Hall–Kier alpha value is -3.64. The number of anilines is 1. The van der Waals surface area contributed by atoms with Gasteiger partial charge in [-0.2, -0.15) is 10.4 Å². The normalized spacial score (nSPS) is 10.7. The Morgan fingerprint density at radius 3 is 2.83 bits per heavy atom. The molecule has 0 aliphatic carbocycles. The van der Waals surface area contributed by atoms with Crippen LogP contribution in [0.1, 0.15) is 18.1 Å². The Morgan fingerprint density at radius 1 is 1.38 bits per heavy atom. The van der Waals surface area contributed by atoms with Crippen LogP contribution in [0.2, 0.25) is 0 Å². The van der Waals surface area contributed by atoms with Crippen LogP contribution in [0.15, 0.2) is 56.8 Å². The lowest BCUT2D eigenvalue weighted by Crippen LogP contribution is -2.16. The lowest BCUT2D eigenvalue weighted by molar-refractivity contribution is 0.317. The third-order valence-corrected chi connectivity index (χ3v) is 4.28. The number of nitrogens with zero attached hydrogens (tertiary/aromatic N) is 3. The van der Waals surface area contributed by atoms with E-state index in [2.05, 4.69) is 36.4 Å². The number of ether oxygens (including phenoxy) is 1. The van der Waals surface area contributed by atoms with Gasteiger partial charge in [-0.3, -0.25) is 9.78 Å². The summed E-state index contributed by atoms with van der Waals surface area (Å²) < 4.78 is 6.08. The van der Waals surface area contributed by atoms with Crippen LogP contribution < -0.4 is 15.7 Å². The molecule has 0 bridgehead atoms. The Morgan fingerprint density at radius 2 is 2.14 bits per heavy atom. The maximum absolute atomic E-state index is 12.2. The Balaban J connectivity index is 1.92. The largest absolute Gasteiger partial charge is 0.504 e. The maximum Gasteiger partial charge on any atom is 0.270 e. The second-order valence-corrected chi connectivity index (χ2v) is 6.68. The molecule has 9 heteroatoms. The predicted molar refractivity (Wildman–Crippen MR) is 113 cm³/mol. The van der Waals surface area contributed by atoms with E-state index in [9.17, 15) is 15.2 Å². The van der Waals surface area contributed by atoms with Gasteiger partial charge in [0, 0.05) is 15.6 Å². The minimum absolute atomic E-state index is 0.0589. The molecule has 146 valence electrons. The van der Waals surface area contributed by atoms with E-state index in [0.717, 1.165) is 0 Å². The van der Waals surface area contributed by atoms with E-state index >= 15 is 0 Å². The zero-order valence-electron chi connectivity index (χ0n) is 15.3. The fourth-order valence-electron chi connectivity index (χ4n) is 2.56. The van der Waals surface area contributed by atoms with E-state index in [4.69, 9.17) is 4.74 Å². The van der Waals surface area contributed by atoms with Crippen molar-refractivity contribution in [3.8, 4) is 28.8 Å². The molecule has 1 aromatic heterocycles. The number of aromatic nitrogens is 2. The highest BCUT2D eigenvalue weighted by Gasteiger charge is 2.13. The molecule has 3 N–H and O–H groups in total. The van der Waals surface area contributed by atoms with Crippen LogP contribution >= 0.6 is 15.9 Å². The molecular formula is C20H16BrN5O3. The third kappa shape index (κ3) is 4.62. The van der Waals surface area contributed by atoms with Gasteiger partial charge < -0.3 is 9.84 Å². The number of rotatable bonds is 6. The molecule has 3 rings (SSSR count). The van der Waals surface area contributed by atoms with Gasteiger partial charge >= 0.3 is 0 Å². The van der Waals surface area contributed by atoms with Crippen molar-refractivity contribution in [2.75, 3.05) is 12.0 Å². The lowest BCUT2D eigenvalue weighted by Gasteiger charge is -2.09. The molecule has 0 saturated heterocycles. The fourth-order valence-corrected chi connectivity index (χ4v) is 3.01. The molecule has 0 saturated carbocycles. The molecule has 0 spiro atoms. The first-order valence-electron chi connectivity index (χ1n) is 8.57. The molecule has 1 heterocycles. The third-order valence-electron chi connectivity index (χ3n) is 3.82. The van der Waals surface area contributed by atoms with Crippen LogP contribution in [-0.4, -0.2) is 27.9 Å². The highest BCUT2D eigenvalue weighted by Crippen LogP contribution is 2.33. The SMILES string of the molecule is CCOc1cc(Br)cc(C=NNc2nc(-c3ccccc3)c(C#N)c(=O)[nH]2)c1O. The van der Waals surface area contributed by atoms with Gasteiger partial charge in [0.05, 0.1) is 18.5 Å². The topological polar surface area (TPSA) is 123 Å². The lowest BCUT2D eigenvalue weighted by atomic mass is 10.1. The van der Waals surface area contributed by atoms with Crippen LogP contribution in [0, 0.1) is 11.3 Å². The molecule has 0 radical (unpaired) electrons. The average Bonchev–Trinajstić information content (AvgIpc) is 2.71. The number of benzene rings is 2. The number of H-pyrrole nitrogens is 1. The molecule has 29 heavy (non-hydrogen) atoms. The Bertz CT molecular complexity index is 1150. The van der Waals surface area contributed by atoms with Crippen molar-refractivity contribution in [1.82, 2.24) is 9.97 Å². The molecule has 3 aromatic rings. The number of hydrogen-bond acceptors (Lipinski definition) is 7. The first kappa shape index (κ1) is 20.1. The zero-order valence-corrected chi connectivity index (χ0v) is 16.9. The Kier molecular flexibility index (Phi) is 6.26. The second kappa shape index (κ2) is 9.03. The van der Waals surface area contributed by atoms with Crippen molar-refractivity contribution >= 4 is 28.1 Å². The number of aromatic amines is 1. The maximum atomic E-state index is 12.2. The number of hydrazone groups is 1. The molecule has 0 aliphatic heterocycles. The van der Waals surface area contributed by atoms with E-state index in [-0.39, 0.29) is 23.0 Å². The van der Waals surface area contributed by atoms with Crippen LogP contribution in [0.25, 0.3) is 11.3 Å². The number of nitriles is 1. The van der Waals surface area contributed by atoms with Gasteiger partial charge in [-0.25, -0.2) is 10.4 Å². The van der Waals surface area contributed by atoms with Crippen molar-refractivity contribution in [2.45, 2.75) is 6.92 Å². The standard InChI is InChI=1S/C20H16BrN5O3/c1-2-29-16-9-14(21)8-13(18(16)27)11-23-26-20-24-17(12-6-4-3-5-7-12)15(10-22)19(28)25-20/h3-9,11,27H,2H2,1H3,(H2,24,25,26,28). The molecule has 8 nitrogen and oxygen atoms in total. The fraction of sp³-hybridized carbons (Fsp3) is 0.100. The van der Waals surface area contributed by atoms with E-state index in [1.54, 1.807) is 36.4 Å². The van der Waals surface area contributed by atoms with Gasteiger partial charge in [0.15, 0.2) is 11.5 Å². The molecule has 0 atom stereocenters. The van der Waals surface area contributed by atoms with Gasteiger partial charge in [-0.05, 0) is 19.1 Å². The van der Waals surface area contributed by atoms with Gasteiger partial charge in [0.1, 0.15) is 11.6 Å². The minimum Gasteiger partial charge on any atom is -0.504 e. The van der Waals surface area contributed by atoms with Crippen LogP contribution in [0.5, 0.6) is 11.5 Å². The van der Waals surface area contributed by atoms with Crippen molar-refractivity contribution in [3.05, 3.63) is 68.4 Å². The molecule has 0 unspecified atom stereocenters. The summed E-state index contributed by atoms with van der Waals surface area (Å²) >= 11 is 3.35. The number of aromatic hydroxyl groups is 1. The van der Waals surface area contributed by atoms with Crippen LogP contribution in [0.3, 0.4) is 0 Å². The van der Waals surface area contributed by atoms with Crippen molar-refractivity contribution in [3.63, 3.8) is 0 Å². The first-order valence-corrected chi connectivity index (χ1v) is 9.37. The summed E-state index contributed by atoms with van der Waals surface area (Å²) in [6, 6.07) is 14.1. The summed E-state index contributed by atoms with van der Waals surface area (Å²) in [5.41, 5.74) is 3.23. The molecule has 0 aliphatic rings. The van der Waals surface area contributed by atoms with Crippen molar-refractivity contribution in [1.29, 1.82) is 5.26 Å². The predicted octanol–water partition coefficient (Wildman–Crippen LogP) is 3.62. The van der Waals surface area contributed by atoms with Gasteiger partial charge in [-0.15, -0.1) is 0 Å². The van der Waals surface area contributed by atoms with Crippen molar-refractivity contribution in [2.24, 2.45) is 5.10 Å². The zero-order chi connectivity index (χ0) is 20.8. The van der Waals surface area contributed by atoms with E-state index in [1.165, 1.54) is 6.21 Å². The van der Waals surface area contributed by atoms with Gasteiger partial charge in [0.25, 0.3) is 5.56 Å². The summed E-state index contributed by atoms with van der Waals surface area (Å²) in [7, 11) is 0. The number of hydrogen-bond donors (Lipinski definition) is 3. The average molecular weight is 454 g/mol. The molecular weight excluding hydrogens is 438 g/mol. The summed E-state index contributed by atoms with van der Waals surface area (Å²) in [4.78, 5) is 19.0. The minimum atomic E-state index is -0.581. The summed E-state index contributed by atoms with van der Waals surface area (Å²) in [5.74, 6) is 0.315. The van der Waals surface area contributed by atoms with Gasteiger partial charge in [-0.1, -0.05) is 46.3 Å². The highest BCUT2D eigenvalue weighted by atomic mass is 79.9. The monoisotopic (exact) mass is 453 g/mol. The quantitative estimate of drug-likeness (QED) is 0.386. The molecule has 0 fully saturated rings. The van der Waals surface area contributed by atoms with Crippen molar-refractivity contribution < 1.29 is 9.84 Å². The second-order valence-electron chi connectivity index (χ2n) is 5.76. The summed E-state index contributed by atoms with van der Waals surface area (Å²) in [6.45, 7) is 2.21. The van der Waals surface area contributed by atoms with Crippen LogP contribution in [0.4, 0.5) is 5.95 Å². The number of phenols is 1. The smallest absolute Gasteiger partial charge is 0.270 e. The van der Waals surface area contributed by atoms with Crippen LogP contribution in [-0.2, 0) is 0 Å². The number of nitrogens with one attached hydrogen (secondary N) is 2. The number of halogens is 1. The summed E-state index contributed by atoms with van der Waals surface area (Å²) in [6.07, 6.45) is 1.36. The molecule has 0 amide bonds. The van der Waals surface area contributed by atoms with E-state index < -0.39 is 5.56 Å². The van der Waals surface area contributed by atoms with E-state index in [1.807, 2.05) is 19.1 Å². The Labute approximate surface area is 174 Å². The molecule has 2 aromatic carbocycles.